The number of rotatable bonds is 7. The van der Waals surface area contributed by atoms with Gasteiger partial charge in [0, 0.05) is 56.0 Å². The molecule has 3 heterocycles. The Hall–Kier alpha value is -3.62. The Morgan fingerprint density at radius 2 is 1.78 bits per heavy atom. The van der Waals surface area contributed by atoms with Gasteiger partial charge in [-0.15, -0.1) is 6.58 Å². The van der Waals surface area contributed by atoms with Gasteiger partial charge in [0.05, 0.1) is 17.8 Å². The lowest BCUT2D eigenvalue weighted by atomic mass is 10.1. The van der Waals surface area contributed by atoms with Crippen molar-refractivity contribution >= 4 is 26.6 Å². The number of ether oxygens (including phenoxy) is 1. The van der Waals surface area contributed by atoms with Gasteiger partial charge in [-0.25, -0.2) is 13.4 Å². The Kier molecular flexibility index (Phi) is 8.40. The lowest BCUT2D eigenvalue weighted by Crippen LogP contribution is -2.46. The lowest BCUT2D eigenvalue weighted by Gasteiger charge is -2.35. The Bertz CT molecular complexity index is 1360. The number of fused-ring (bicyclic) bond motifs is 1. The molecule has 0 atom stereocenters. The van der Waals surface area contributed by atoms with Gasteiger partial charge in [-0.05, 0) is 48.0 Å². The Balaban J connectivity index is 0.000000325. The van der Waals surface area contributed by atoms with E-state index in [0.29, 0.717) is 4.90 Å². The monoisotopic (exact) mass is 504 g/mol. The average molecular weight is 505 g/mol. The zero-order valence-electron chi connectivity index (χ0n) is 20.5. The minimum absolute atomic E-state index is 0.0479. The molecule has 0 unspecified atom stereocenters. The van der Waals surface area contributed by atoms with Crippen LogP contribution in [0.1, 0.15) is 5.56 Å². The summed E-state index contributed by atoms with van der Waals surface area (Å²) in [5.74, 6) is 1.88. The minimum Gasteiger partial charge on any atom is -0.497 e. The smallest absolute Gasteiger partial charge is 0.181 e. The Labute approximate surface area is 213 Å². The van der Waals surface area contributed by atoms with E-state index in [0.717, 1.165) is 60.8 Å². The second-order valence-electron chi connectivity index (χ2n) is 8.56. The van der Waals surface area contributed by atoms with Gasteiger partial charge in [-0.3, -0.25) is 4.90 Å². The van der Waals surface area contributed by atoms with E-state index >= 15 is 0 Å². The van der Waals surface area contributed by atoms with E-state index in [4.69, 9.17) is 4.74 Å². The topological polar surface area (TPSA) is 78.5 Å². The zero-order chi connectivity index (χ0) is 25.4. The van der Waals surface area contributed by atoms with E-state index in [2.05, 4.69) is 26.3 Å². The summed E-state index contributed by atoms with van der Waals surface area (Å²) < 4.78 is 29.6. The maximum absolute atomic E-state index is 12.4. The fourth-order valence-electron chi connectivity index (χ4n) is 4.21. The number of H-pyrrole nitrogens is 1. The van der Waals surface area contributed by atoms with Gasteiger partial charge < -0.3 is 14.6 Å². The first kappa shape index (κ1) is 25.5. The van der Waals surface area contributed by atoms with E-state index in [1.165, 1.54) is 6.08 Å². The van der Waals surface area contributed by atoms with Crippen LogP contribution in [-0.2, 0) is 16.4 Å². The van der Waals surface area contributed by atoms with Gasteiger partial charge in [-0.2, -0.15) is 0 Å². The number of anilines is 1. The first-order chi connectivity index (χ1) is 17.5. The molecule has 4 aromatic rings. The van der Waals surface area contributed by atoms with Crippen molar-refractivity contribution in [2.24, 2.45) is 0 Å². The number of pyridine rings is 1. The average Bonchev–Trinajstić information content (AvgIpc) is 3.32. The Morgan fingerprint density at radius 3 is 2.42 bits per heavy atom. The van der Waals surface area contributed by atoms with Crippen molar-refractivity contribution in [1.29, 1.82) is 0 Å². The summed E-state index contributed by atoms with van der Waals surface area (Å²) in [5, 5.41) is 0.970. The second-order valence-corrected chi connectivity index (χ2v) is 10.6. The van der Waals surface area contributed by atoms with Crippen LogP contribution in [0.25, 0.3) is 10.9 Å². The van der Waals surface area contributed by atoms with Gasteiger partial charge in [0.1, 0.15) is 11.6 Å². The third kappa shape index (κ3) is 6.33. The second kappa shape index (κ2) is 11.9. The number of benzene rings is 2. The molecular weight excluding hydrogens is 472 g/mol. The predicted octanol–water partition coefficient (Wildman–Crippen LogP) is 4.54. The maximum Gasteiger partial charge on any atom is 0.181 e. The molecule has 1 saturated heterocycles. The maximum atomic E-state index is 12.4. The highest BCUT2D eigenvalue weighted by molar-refractivity contribution is 7.91. The molecule has 36 heavy (non-hydrogen) atoms. The molecule has 0 amide bonds. The first-order valence-corrected chi connectivity index (χ1v) is 13.6. The van der Waals surface area contributed by atoms with E-state index in [1.807, 2.05) is 67.0 Å². The summed E-state index contributed by atoms with van der Waals surface area (Å²) in [6.07, 6.45) is 5.24. The summed E-state index contributed by atoms with van der Waals surface area (Å²) in [6, 6.07) is 20.9. The van der Waals surface area contributed by atoms with E-state index in [1.54, 1.807) is 19.2 Å². The number of piperazine rings is 1. The van der Waals surface area contributed by atoms with Crippen molar-refractivity contribution in [2.45, 2.75) is 11.4 Å². The first-order valence-electron chi connectivity index (χ1n) is 11.9. The Morgan fingerprint density at radius 1 is 1.03 bits per heavy atom. The molecule has 5 rings (SSSR count). The van der Waals surface area contributed by atoms with Gasteiger partial charge in [0.25, 0.3) is 0 Å². The van der Waals surface area contributed by atoms with Gasteiger partial charge >= 0.3 is 0 Å². The predicted molar refractivity (Wildman–Crippen MR) is 145 cm³/mol. The lowest BCUT2D eigenvalue weighted by molar-refractivity contribution is 0.250. The summed E-state index contributed by atoms with van der Waals surface area (Å²) >= 11 is 0. The minimum atomic E-state index is -3.33. The van der Waals surface area contributed by atoms with Crippen molar-refractivity contribution in [2.75, 3.05) is 43.9 Å². The number of aromatic amines is 1. The molecule has 8 heteroatoms. The highest BCUT2D eigenvalue weighted by Crippen LogP contribution is 2.25. The third-order valence-corrected chi connectivity index (χ3v) is 7.80. The number of hydrogen-bond acceptors (Lipinski definition) is 6. The van der Waals surface area contributed by atoms with E-state index in [9.17, 15) is 8.42 Å². The number of hydrogen-bond donors (Lipinski definition) is 1. The molecule has 1 aliphatic rings. The molecule has 1 aliphatic heterocycles. The van der Waals surface area contributed by atoms with Crippen LogP contribution in [0.2, 0.25) is 0 Å². The molecule has 7 nitrogen and oxygen atoms in total. The number of para-hydroxylation sites is 1. The summed E-state index contributed by atoms with van der Waals surface area (Å²) in [6.45, 7) is 8.08. The quantitative estimate of drug-likeness (QED) is 0.372. The number of aromatic nitrogens is 2. The van der Waals surface area contributed by atoms with Gasteiger partial charge in [0.2, 0.25) is 0 Å². The van der Waals surface area contributed by atoms with Crippen LogP contribution in [0.4, 0.5) is 5.82 Å². The summed E-state index contributed by atoms with van der Waals surface area (Å²) in [4.78, 5) is 12.7. The normalized spacial score (nSPS) is 14.2. The van der Waals surface area contributed by atoms with Crippen LogP contribution in [-0.4, -0.2) is 62.3 Å². The summed E-state index contributed by atoms with van der Waals surface area (Å²) in [7, 11) is -1.66. The highest BCUT2D eigenvalue weighted by atomic mass is 32.2. The van der Waals surface area contributed by atoms with Crippen LogP contribution in [0, 0.1) is 0 Å². The van der Waals surface area contributed by atoms with E-state index < -0.39 is 9.84 Å². The number of nitrogens with zero attached hydrogens (tertiary/aromatic N) is 3. The van der Waals surface area contributed by atoms with E-state index in [-0.39, 0.29) is 5.75 Å². The van der Waals surface area contributed by atoms with Crippen LogP contribution in [0.3, 0.4) is 0 Å². The largest absolute Gasteiger partial charge is 0.497 e. The molecule has 188 valence electrons. The van der Waals surface area contributed by atoms with Crippen molar-refractivity contribution in [3.8, 4) is 5.75 Å². The van der Waals surface area contributed by atoms with Crippen molar-refractivity contribution in [3.05, 3.63) is 97.3 Å². The van der Waals surface area contributed by atoms with Crippen LogP contribution < -0.4 is 9.64 Å². The molecular formula is C28H32N4O3S. The fourth-order valence-corrected chi connectivity index (χ4v) is 5.28. The van der Waals surface area contributed by atoms with Gasteiger partial charge in [0.15, 0.2) is 9.84 Å². The highest BCUT2D eigenvalue weighted by Gasteiger charge is 2.20. The summed E-state index contributed by atoms with van der Waals surface area (Å²) in [5.41, 5.74) is 2.08. The van der Waals surface area contributed by atoms with Crippen molar-refractivity contribution in [3.63, 3.8) is 0 Å². The molecule has 1 fully saturated rings. The van der Waals surface area contributed by atoms with Crippen molar-refractivity contribution in [1.82, 2.24) is 14.9 Å². The van der Waals surface area contributed by atoms with Crippen molar-refractivity contribution < 1.29 is 13.2 Å². The van der Waals surface area contributed by atoms with Crippen LogP contribution >= 0.6 is 0 Å². The molecule has 1 N–H and O–H groups in total. The molecule has 0 saturated carbocycles. The number of sulfone groups is 1. The van der Waals surface area contributed by atoms with Gasteiger partial charge in [-0.1, -0.05) is 30.3 Å². The molecule has 0 bridgehead atoms. The number of methoxy groups -OCH3 is 1. The SMILES string of the molecule is C=CCS(=O)(=O)c1ccc2[nH]cc(CN3CCN(c4ccccn4)CC3)c2c1.COc1ccccc1. The molecule has 2 aromatic carbocycles. The van der Waals surface area contributed by atoms with Crippen LogP contribution in [0.5, 0.6) is 5.75 Å². The molecule has 0 spiro atoms. The zero-order valence-corrected chi connectivity index (χ0v) is 21.3. The molecule has 0 aliphatic carbocycles. The van der Waals surface area contributed by atoms with Crippen LogP contribution in [0.15, 0.2) is 96.7 Å². The fraction of sp³-hybridized carbons (Fsp3) is 0.250. The standard InChI is InChI=1S/C21H24N4O2S.C7H8O/c1-2-13-28(26,27)18-6-7-20-19(14-18)17(15-23-20)16-24-9-11-25(12-10-24)21-5-3-4-8-22-21;1-8-7-5-3-2-4-6-7/h2-8,14-15,23H,1,9-13,16H2;2-6H,1H3. The molecule has 0 radical (unpaired) electrons. The molecule has 2 aromatic heterocycles. The number of nitrogens with one attached hydrogen (secondary N) is 1. The third-order valence-electron chi connectivity index (χ3n) is 6.15.